The number of unbranched alkanes of at least 4 members (excludes halogenated alkanes) is 5. The van der Waals surface area contributed by atoms with Crippen LogP contribution in [0.5, 0.6) is 0 Å². The molecule has 0 radical (unpaired) electrons. The van der Waals surface area contributed by atoms with Crippen LogP contribution in [-0.2, 0) is 22.2 Å². The van der Waals surface area contributed by atoms with Crippen LogP contribution in [0.1, 0.15) is 89.8 Å². The van der Waals surface area contributed by atoms with Crippen molar-refractivity contribution in [2.24, 2.45) is 0 Å². The third kappa shape index (κ3) is 4.25. The van der Waals surface area contributed by atoms with Gasteiger partial charge in [-0.2, -0.15) is 0 Å². The highest BCUT2D eigenvalue weighted by atomic mass is 16.7. The molecule has 1 aliphatic carbocycles. The Labute approximate surface area is 183 Å². The van der Waals surface area contributed by atoms with E-state index in [2.05, 4.69) is 71.0 Å². The molecule has 160 valence electrons. The van der Waals surface area contributed by atoms with E-state index in [1.54, 1.807) is 0 Å². The molecule has 0 atom stereocenters. The van der Waals surface area contributed by atoms with Crippen LogP contribution < -0.4 is 5.46 Å². The SMILES string of the molecule is CCCCCCCCc1ccc2c(c1)Cc1cc(B3OC(C)(C)C(C)(C)O3)ccc1-2. The van der Waals surface area contributed by atoms with Gasteiger partial charge in [0.1, 0.15) is 0 Å². The van der Waals surface area contributed by atoms with Crippen molar-refractivity contribution in [3.8, 4) is 11.1 Å². The van der Waals surface area contributed by atoms with Gasteiger partial charge >= 0.3 is 7.12 Å². The molecule has 1 saturated heterocycles. The molecule has 0 N–H and O–H groups in total. The summed E-state index contributed by atoms with van der Waals surface area (Å²) in [6.45, 7) is 10.7. The standard InChI is InChI=1S/C27H37BO2/c1-6-7-8-9-10-11-12-20-13-15-24-21(17-20)18-22-19-23(14-16-25(22)24)28-29-26(2,3)27(4,5)30-28/h13-17,19H,6-12,18H2,1-5H3. The fourth-order valence-corrected chi connectivity index (χ4v) is 4.67. The van der Waals surface area contributed by atoms with E-state index >= 15 is 0 Å². The molecule has 1 fully saturated rings. The average molecular weight is 404 g/mol. The maximum Gasteiger partial charge on any atom is 0.494 e. The first-order valence-corrected chi connectivity index (χ1v) is 11.9. The summed E-state index contributed by atoms with van der Waals surface area (Å²) in [5.41, 5.74) is 7.66. The smallest absolute Gasteiger partial charge is 0.399 e. The predicted octanol–water partition coefficient (Wildman–Crippen LogP) is 6.46. The van der Waals surface area contributed by atoms with Crippen molar-refractivity contribution in [3.05, 3.63) is 53.1 Å². The van der Waals surface area contributed by atoms with E-state index in [-0.39, 0.29) is 18.3 Å². The first-order chi connectivity index (χ1) is 14.3. The van der Waals surface area contributed by atoms with Crippen molar-refractivity contribution in [2.45, 2.75) is 97.2 Å². The minimum absolute atomic E-state index is 0.285. The van der Waals surface area contributed by atoms with Gasteiger partial charge in [0.15, 0.2) is 0 Å². The first-order valence-electron chi connectivity index (χ1n) is 11.9. The quantitative estimate of drug-likeness (QED) is 0.317. The molecular formula is C27H37BO2. The number of aryl methyl sites for hydroxylation is 1. The van der Waals surface area contributed by atoms with E-state index in [0.717, 1.165) is 11.9 Å². The summed E-state index contributed by atoms with van der Waals surface area (Å²) in [6.07, 6.45) is 10.4. The zero-order valence-electron chi connectivity index (χ0n) is 19.5. The fraction of sp³-hybridized carbons (Fsp3) is 0.556. The van der Waals surface area contributed by atoms with Gasteiger partial charge in [-0.05, 0) is 80.2 Å². The molecule has 0 saturated carbocycles. The lowest BCUT2D eigenvalue weighted by atomic mass is 9.78. The van der Waals surface area contributed by atoms with Crippen molar-refractivity contribution in [2.75, 3.05) is 0 Å². The van der Waals surface area contributed by atoms with Crippen molar-refractivity contribution >= 4 is 12.6 Å². The van der Waals surface area contributed by atoms with Crippen LogP contribution >= 0.6 is 0 Å². The van der Waals surface area contributed by atoms with Crippen LogP contribution in [-0.4, -0.2) is 18.3 Å². The lowest BCUT2D eigenvalue weighted by molar-refractivity contribution is 0.00578. The number of rotatable bonds is 8. The zero-order valence-corrected chi connectivity index (χ0v) is 19.5. The van der Waals surface area contributed by atoms with Crippen molar-refractivity contribution in [1.29, 1.82) is 0 Å². The lowest BCUT2D eigenvalue weighted by Crippen LogP contribution is -2.41. The van der Waals surface area contributed by atoms with Gasteiger partial charge in [0, 0.05) is 0 Å². The van der Waals surface area contributed by atoms with Crippen molar-refractivity contribution in [3.63, 3.8) is 0 Å². The van der Waals surface area contributed by atoms with Gasteiger partial charge in [-0.25, -0.2) is 0 Å². The molecule has 1 heterocycles. The molecule has 0 unspecified atom stereocenters. The monoisotopic (exact) mass is 404 g/mol. The summed E-state index contributed by atoms with van der Waals surface area (Å²) >= 11 is 0. The molecule has 2 aromatic carbocycles. The van der Waals surface area contributed by atoms with E-state index in [1.807, 2.05) is 0 Å². The van der Waals surface area contributed by atoms with Crippen LogP contribution in [0.2, 0.25) is 0 Å². The Morgan fingerprint density at radius 3 is 2.07 bits per heavy atom. The Balaban J connectivity index is 1.42. The molecule has 2 aliphatic rings. The summed E-state index contributed by atoms with van der Waals surface area (Å²) in [4.78, 5) is 0. The third-order valence-electron chi connectivity index (χ3n) is 7.31. The first kappa shape index (κ1) is 21.6. The Morgan fingerprint density at radius 1 is 0.767 bits per heavy atom. The summed E-state index contributed by atoms with van der Waals surface area (Å²) in [5.74, 6) is 0. The average Bonchev–Trinajstić information content (AvgIpc) is 3.16. The van der Waals surface area contributed by atoms with E-state index in [1.165, 1.54) is 72.8 Å². The molecule has 30 heavy (non-hydrogen) atoms. The summed E-state index contributed by atoms with van der Waals surface area (Å²) in [6, 6.07) is 13.8. The minimum atomic E-state index is -0.301. The number of hydrogen-bond acceptors (Lipinski definition) is 2. The highest BCUT2D eigenvalue weighted by Crippen LogP contribution is 2.39. The molecule has 0 aromatic heterocycles. The van der Waals surface area contributed by atoms with Gasteiger partial charge in [0.25, 0.3) is 0 Å². The molecule has 1 aliphatic heterocycles. The number of fused-ring (bicyclic) bond motifs is 3. The number of benzene rings is 2. The fourth-order valence-electron chi connectivity index (χ4n) is 4.67. The van der Waals surface area contributed by atoms with Gasteiger partial charge in [-0.1, -0.05) is 75.4 Å². The second kappa shape index (κ2) is 8.51. The normalized spacial score (nSPS) is 18.5. The summed E-state index contributed by atoms with van der Waals surface area (Å²) in [5, 5.41) is 0. The molecule has 2 aromatic rings. The van der Waals surface area contributed by atoms with Gasteiger partial charge in [-0.3, -0.25) is 0 Å². The van der Waals surface area contributed by atoms with E-state index in [4.69, 9.17) is 9.31 Å². The molecule has 0 amide bonds. The predicted molar refractivity (Wildman–Crippen MR) is 127 cm³/mol. The second-order valence-electron chi connectivity index (χ2n) is 10.2. The lowest BCUT2D eigenvalue weighted by Gasteiger charge is -2.32. The second-order valence-corrected chi connectivity index (χ2v) is 10.2. The van der Waals surface area contributed by atoms with Crippen LogP contribution in [0.25, 0.3) is 11.1 Å². The van der Waals surface area contributed by atoms with Gasteiger partial charge in [0.05, 0.1) is 11.2 Å². The zero-order chi connectivity index (χ0) is 21.4. The van der Waals surface area contributed by atoms with Crippen molar-refractivity contribution < 1.29 is 9.31 Å². The van der Waals surface area contributed by atoms with Crippen LogP contribution in [0.4, 0.5) is 0 Å². The molecule has 4 rings (SSSR count). The highest BCUT2D eigenvalue weighted by molar-refractivity contribution is 6.62. The summed E-state index contributed by atoms with van der Waals surface area (Å²) < 4.78 is 12.5. The molecule has 2 nitrogen and oxygen atoms in total. The van der Waals surface area contributed by atoms with Crippen LogP contribution in [0.15, 0.2) is 36.4 Å². The van der Waals surface area contributed by atoms with Crippen molar-refractivity contribution in [1.82, 2.24) is 0 Å². The topological polar surface area (TPSA) is 18.5 Å². The van der Waals surface area contributed by atoms with Gasteiger partial charge < -0.3 is 9.31 Å². The minimum Gasteiger partial charge on any atom is -0.399 e. The molecule has 0 bridgehead atoms. The van der Waals surface area contributed by atoms with E-state index < -0.39 is 0 Å². The third-order valence-corrected chi connectivity index (χ3v) is 7.31. The molecular weight excluding hydrogens is 367 g/mol. The van der Waals surface area contributed by atoms with E-state index in [9.17, 15) is 0 Å². The largest absolute Gasteiger partial charge is 0.494 e. The molecule has 3 heteroatoms. The Hall–Kier alpha value is -1.58. The summed E-state index contributed by atoms with van der Waals surface area (Å²) in [7, 11) is -0.285. The highest BCUT2D eigenvalue weighted by Gasteiger charge is 2.51. The molecule has 0 spiro atoms. The van der Waals surface area contributed by atoms with Gasteiger partial charge in [-0.15, -0.1) is 0 Å². The van der Waals surface area contributed by atoms with Crippen LogP contribution in [0, 0.1) is 0 Å². The van der Waals surface area contributed by atoms with Crippen LogP contribution in [0.3, 0.4) is 0 Å². The maximum atomic E-state index is 6.26. The number of hydrogen-bond donors (Lipinski definition) is 0. The van der Waals surface area contributed by atoms with Gasteiger partial charge in [0.2, 0.25) is 0 Å². The Kier molecular flexibility index (Phi) is 6.14. The van der Waals surface area contributed by atoms with E-state index in [0.29, 0.717) is 0 Å². The Bertz CT molecular complexity index is 884. The maximum absolute atomic E-state index is 6.26. The Morgan fingerprint density at radius 2 is 1.37 bits per heavy atom.